The normalized spacial score (nSPS) is 11.6. The van der Waals surface area contributed by atoms with Gasteiger partial charge < -0.3 is 9.80 Å². The van der Waals surface area contributed by atoms with Crippen molar-refractivity contribution in [3.8, 4) is 44.5 Å². The molecule has 4 heteroatoms. The molecule has 12 aromatic carbocycles. The van der Waals surface area contributed by atoms with Crippen molar-refractivity contribution in [3.05, 3.63) is 261 Å². The van der Waals surface area contributed by atoms with E-state index in [-0.39, 0.29) is 11.6 Å². The lowest BCUT2D eigenvalue weighted by Gasteiger charge is -2.31. The minimum Gasteiger partial charge on any atom is -0.307 e. The minimum atomic E-state index is -0.320. The number of hydrogen-bond donors (Lipinski definition) is 0. The molecule has 2 nitrogen and oxygen atoms in total. The molecule has 0 fully saturated rings. The van der Waals surface area contributed by atoms with Gasteiger partial charge >= 0.3 is 0 Å². The van der Waals surface area contributed by atoms with E-state index in [0.717, 1.165) is 111 Å². The fourth-order valence-corrected chi connectivity index (χ4v) is 12.7. The van der Waals surface area contributed by atoms with E-state index in [4.69, 9.17) is 0 Å². The molecule has 0 bridgehead atoms. The molecule has 0 aliphatic rings. The molecule has 0 amide bonds. The third-order valence-electron chi connectivity index (χ3n) is 16.2. The third kappa shape index (κ3) is 8.57. The molecule has 0 N–H and O–H groups in total. The van der Waals surface area contributed by atoms with Gasteiger partial charge in [-0.2, -0.15) is 0 Å². The molecule has 0 aliphatic carbocycles. The zero-order valence-electron chi connectivity index (χ0n) is 46.1. The highest BCUT2D eigenvalue weighted by Crippen LogP contribution is 2.51. The van der Waals surface area contributed by atoms with Crippen molar-refractivity contribution in [2.75, 3.05) is 9.80 Å². The molecular formula is C74H62F2N2. The van der Waals surface area contributed by atoms with Crippen LogP contribution in [0.2, 0.25) is 0 Å². The first kappa shape index (κ1) is 50.0. The average Bonchev–Trinajstić information content (AvgIpc) is 3.61. The third-order valence-corrected chi connectivity index (χ3v) is 16.2. The molecular weight excluding hydrogens is 955 g/mol. The van der Waals surface area contributed by atoms with Gasteiger partial charge in [0.1, 0.15) is 11.6 Å². The molecule has 0 heterocycles. The van der Waals surface area contributed by atoms with Crippen LogP contribution in [0.5, 0.6) is 0 Å². The van der Waals surface area contributed by atoms with Crippen molar-refractivity contribution >= 4 is 66.4 Å². The second-order valence-electron chi connectivity index (χ2n) is 21.8. The fraction of sp³-hybridized carbons (Fsp3) is 0.135. The van der Waals surface area contributed by atoms with Crippen molar-refractivity contribution < 1.29 is 8.78 Å². The maximum Gasteiger partial charge on any atom is 0.147 e. The van der Waals surface area contributed by atoms with Crippen molar-refractivity contribution in [1.29, 1.82) is 0 Å². The maximum atomic E-state index is 17.1. The van der Waals surface area contributed by atoms with Crippen LogP contribution in [-0.4, -0.2) is 0 Å². The summed E-state index contributed by atoms with van der Waals surface area (Å²) in [6.07, 6.45) is 0. The number of rotatable bonds is 10. The van der Waals surface area contributed by atoms with Crippen LogP contribution in [0.25, 0.3) is 76.8 Å². The van der Waals surface area contributed by atoms with E-state index in [1.807, 2.05) is 38.1 Å². The van der Waals surface area contributed by atoms with Gasteiger partial charge in [-0.05, 0) is 264 Å². The summed E-state index contributed by atoms with van der Waals surface area (Å²) in [5, 5.41) is 6.14. The number of halogens is 2. The second kappa shape index (κ2) is 19.6. The highest BCUT2D eigenvalue weighted by Gasteiger charge is 2.27. The Hall–Kier alpha value is -8.86. The van der Waals surface area contributed by atoms with Crippen molar-refractivity contribution in [2.24, 2.45) is 0 Å². The van der Waals surface area contributed by atoms with Gasteiger partial charge in [-0.1, -0.05) is 121 Å². The van der Waals surface area contributed by atoms with E-state index in [1.54, 1.807) is 12.1 Å². The summed E-state index contributed by atoms with van der Waals surface area (Å²) in [5.74, 6) is -0.641. The van der Waals surface area contributed by atoms with Gasteiger partial charge in [-0.3, -0.25) is 0 Å². The van der Waals surface area contributed by atoms with Crippen LogP contribution in [0.15, 0.2) is 194 Å². The largest absolute Gasteiger partial charge is 0.307 e. The predicted octanol–water partition coefficient (Wildman–Crippen LogP) is 21.6. The predicted molar refractivity (Wildman–Crippen MR) is 329 cm³/mol. The summed E-state index contributed by atoms with van der Waals surface area (Å²) in [7, 11) is 0. The van der Waals surface area contributed by atoms with Crippen LogP contribution in [0, 0.1) is 80.9 Å². The first-order valence-corrected chi connectivity index (χ1v) is 27.0. The molecule has 0 radical (unpaired) electrons. The molecule has 0 aromatic heterocycles. The number of aryl methyl sites for hydroxylation is 10. The van der Waals surface area contributed by atoms with Gasteiger partial charge in [0.2, 0.25) is 0 Å². The molecule has 0 aliphatic heterocycles. The first-order valence-electron chi connectivity index (χ1n) is 27.0. The maximum absolute atomic E-state index is 17.1. The van der Waals surface area contributed by atoms with Crippen LogP contribution in [0.3, 0.4) is 0 Å². The van der Waals surface area contributed by atoms with Crippen LogP contribution >= 0.6 is 0 Å². The number of hydrogen-bond acceptors (Lipinski definition) is 2. The standard InChI is InChI=1S/C74H62F2N2/c1-43-23-31-63(75)67(35-43)77(59-39-55(69-45(3)15-11-16-46(69)4)37-56(40-59)70-47(5)17-12-18-48(70)6)65-33-27-53-26-30-62-66(34-28-54-25-29-61(65)73(53)74(54)62)78(68-36-44(2)24-32-64(68)76)60-41-57(71-49(7)19-13-20-50(71)8)38-58(42-60)72-51(9)21-14-22-52(72)10/h11-42H,1-10H3. The van der Waals surface area contributed by atoms with Gasteiger partial charge in [-0.25, -0.2) is 8.78 Å². The van der Waals surface area contributed by atoms with Gasteiger partial charge in [0, 0.05) is 22.1 Å². The summed E-state index contributed by atoms with van der Waals surface area (Å²) >= 11 is 0. The van der Waals surface area contributed by atoms with E-state index < -0.39 is 0 Å². The number of nitrogens with zero attached hydrogens (tertiary/aromatic N) is 2. The molecule has 78 heavy (non-hydrogen) atoms. The Balaban J connectivity index is 1.15. The van der Waals surface area contributed by atoms with Crippen LogP contribution in [-0.2, 0) is 0 Å². The number of anilines is 6. The Kier molecular flexibility index (Phi) is 12.6. The Bertz CT molecular complexity index is 3870. The molecule has 382 valence electrons. The topological polar surface area (TPSA) is 6.48 Å². The summed E-state index contributed by atoms with van der Waals surface area (Å²) < 4.78 is 34.2. The van der Waals surface area contributed by atoms with Gasteiger partial charge in [0.05, 0.1) is 22.7 Å². The van der Waals surface area contributed by atoms with E-state index >= 15 is 8.78 Å². The van der Waals surface area contributed by atoms with Crippen LogP contribution < -0.4 is 9.80 Å². The zero-order valence-corrected chi connectivity index (χ0v) is 46.1. The zero-order chi connectivity index (χ0) is 54.3. The van der Waals surface area contributed by atoms with E-state index in [9.17, 15) is 0 Å². The van der Waals surface area contributed by atoms with E-state index in [2.05, 4.69) is 223 Å². The summed E-state index contributed by atoms with van der Waals surface area (Å²) in [5.41, 5.74) is 24.5. The quantitative estimate of drug-likeness (QED) is 0.126. The molecule has 0 unspecified atom stereocenters. The Morgan fingerprint density at radius 3 is 0.846 bits per heavy atom. The minimum absolute atomic E-state index is 0.320. The number of benzene rings is 12. The van der Waals surface area contributed by atoms with Crippen LogP contribution in [0.1, 0.15) is 55.6 Å². The summed E-state index contributed by atoms with van der Waals surface area (Å²) in [6.45, 7) is 21.4. The summed E-state index contributed by atoms with van der Waals surface area (Å²) in [4.78, 5) is 4.26. The monoisotopic (exact) mass is 1020 g/mol. The van der Waals surface area contributed by atoms with Gasteiger partial charge in [-0.15, -0.1) is 0 Å². The molecule has 0 saturated heterocycles. The Labute approximate surface area is 457 Å². The highest BCUT2D eigenvalue weighted by molar-refractivity contribution is 6.28. The van der Waals surface area contributed by atoms with Crippen molar-refractivity contribution in [1.82, 2.24) is 0 Å². The van der Waals surface area contributed by atoms with Gasteiger partial charge in [0.25, 0.3) is 0 Å². The molecule has 0 saturated carbocycles. The lowest BCUT2D eigenvalue weighted by Crippen LogP contribution is -2.14. The lowest BCUT2D eigenvalue weighted by atomic mass is 9.89. The first-order chi connectivity index (χ1) is 37.6. The fourth-order valence-electron chi connectivity index (χ4n) is 12.7. The summed E-state index contributed by atoms with van der Waals surface area (Å²) in [6, 6.07) is 67.5. The van der Waals surface area contributed by atoms with Gasteiger partial charge in [0.15, 0.2) is 0 Å². The second-order valence-corrected chi connectivity index (χ2v) is 21.8. The van der Waals surface area contributed by atoms with Crippen molar-refractivity contribution in [3.63, 3.8) is 0 Å². The highest BCUT2D eigenvalue weighted by atomic mass is 19.1. The average molecular weight is 1020 g/mol. The Morgan fingerprint density at radius 2 is 0.551 bits per heavy atom. The van der Waals surface area contributed by atoms with E-state index in [0.29, 0.717) is 11.4 Å². The van der Waals surface area contributed by atoms with E-state index in [1.165, 1.54) is 44.5 Å². The SMILES string of the molecule is Cc1ccc(F)c(N(c2cc(-c3c(C)cccc3C)cc(-c3c(C)cccc3C)c2)c2ccc3ccc4c(N(c5cc(-c6c(C)cccc6C)cc(-c6c(C)cccc6C)c5)c5cc(C)ccc5F)ccc5ccc2c3c54)c1. The Morgan fingerprint density at radius 1 is 0.269 bits per heavy atom. The molecule has 0 atom stereocenters. The molecule has 12 rings (SSSR count). The lowest BCUT2D eigenvalue weighted by molar-refractivity contribution is 0.628. The molecule has 0 spiro atoms. The molecule has 12 aromatic rings. The van der Waals surface area contributed by atoms with Crippen LogP contribution in [0.4, 0.5) is 42.9 Å². The smallest absolute Gasteiger partial charge is 0.147 e. The van der Waals surface area contributed by atoms with Crippen molar-refractivity contribution in [2.45, 2.75) is 69.2 Å².